The topological polar surface area (TPSA) is 0 Å². The molecular formula is C14H46Si10. The number of hydrogen-bond donors (Lipinski definition) is 0. The van der Waals surface area contributed by atoms with Gasteiger partial charge in [0.2, 0.25) is 0 Å². The van der Waals surface area contributed by atoms with E-state index in [2.05, 4.69) is 91.7 Å². The van der Waals surface area contributed by atoms with Gasteiger partial charge in [0.25, 0.3) is 0 Å². The first-order valence-corrected chi connectivity index (χ1v) is 49.5. The molecule has 10 heteroatoms. The highest BCUT2D eigenvalue weighted by atomic mass is 30.5. The minimum atomic E-state index is -0.987. The van der Waals surface area contributed by atoms with E-state index < -0.39 is 55.9 Å². The molecule has 24 heavy (non-hydrogen) atoms. The highest BCUT2D eigenvalue weighted by Gasteiger charge is 2.81. The maximum Gasteiger partial charge on any atom is 0.0304 e. The highest BCUT2D eigenvalue weighted by Crippen LogP contribution is 2.53. The summed E-state index contributed by atoms with van der Waals surface area (Å²) in [6.07, 6.45) is 0. The lowest BCUT2D eigenvalue weighted by atomic mass is 11.9. The lowest BCUT2D eigenvalue weighted by Gasteiger charge is -2.78. The molecule has 0 unspecified atom stereocenters. The van der Waals surface area contributed by atoms with Crippen molar-refractivity contribution in [3.8, 4) is 0 Å². The molecule has 0 radical (unpaired) electrons. The fourth-order valence-electron chi connectivity index (χ4n) is 7.40. The molecule has 2 aliphatic rings. The van der Waals surface area contributed by atoms with E-state index in [9.17, 15) is 0 Å². The van der Waals surface area contributed by atoms with E-state index in [0.717, 1.165) is 0 Å². The van der Waals surface area contributed by atoms with Gasteiger partial charge in [-0.25, -0.2) is 0 Å². The van der Waals surface area contributed by atoms with Crippen LogP contribution in [0.3, 0.4) is 0 Å². The molecule has 2 saturated heterocycles. The molecule has 2 fully saturated rings. The largest absolute Gasteiger partial charge is 0.0759 e. The molecule has 0 nitrogen and oxygen atoms in total. The third kappa shape index (κ3) is 2.18. The molecule has 0 amide bonds. The van der Waals surface area contributed by atoms with Crippen molar-refractivity contribution in [1.82, 2.24) is 0 Å². The normalized spacial score (nSPS) is 45.8. The molecular weight excluding hydrogens is 449 g/mol. The first-order valence-electron chi connectivity index (χ1n) is 10.2. The Bertz CT molecular complexity index is 514. The summed E-state index contributed by atoms with van der Waals surface area (Å²) in [5.41, 5.74) is 0. The Kier molecular flexibility index (Phi) is 5.05. The second-order valence-electron chi connectivity index (χ2n) is 13.3. The minimum Gasteiger partial charge on any atom is -0.0759 e. The van der Waals surface area contributed by atoms with Gasteiger partial charge < -0.3 is 0 Å². The summed E-state index contributed by atoms with van der Waals surface area (Å²) in [4.78, 5) is 0. The van der Waals surface area contributed by atoms with Crippen LogP contribution in [0.1, 0.15) is 0 Å². The molecule has 0 aliphatic carbocycles. The van der Waals surface area contributed by atoms with Gasteiger partial charge in [0.05, 0.1) is 0 Å². The second kappa shape index (κ2) is 5.40. The molecule has 2 atom stereocenters. The summed E-state index contributed by atoms with van der Waals surface area (Å²) in [6.45, 7) is 40.3. The quantitative estimate of drug-likeness (QED) is 0.453. The lowest BCUT2D eigenvalue weighted by molar-refractivity contribution is 1.76. The van der Waals surface area contributed by atoms with Crippen molar-refractivity contribution < 1.29 is 0 Å². The zero-order chi connectivity index (χ0) is 19.4. The highest BCUT2D eigenvalue weighted by molar-refractivity contribution is 8.30. The zero-order valence-corrected chi connectivity index (χ0v) is 30.2. The Hall–Kier alpha value is 2.17. The van der Waals surface area contributed by atoms with Crippen LogP contribution < -0.4 is 0 Å². The van der Waals surface area contributed by atoms with Gasteiger partial charge >= 0.3 is 0 Å². The molecule has 142 valence electrons. The van der Waals surface area contributed by atoms with E-state index in [1.165, 1.54) is 0 Å². The summed E-state index contributed by atoms with van der Waals surface area (Å²) in [6, 6.07) is 0. The maximum absolute atomic E-state index is 3.15. The molecule has 0 bridgehead atoms. The van der Waals surface area contributed by atoms with Crippen molar-refractivity contribution in [2.24, 2.45) is 0 Å². The van der Waals surface area contributed by atoms with Crippen LogP contribution in [0, 0.1) is 0 Å². The molecule has 0 aromatic carbocycles. The van der Waals surface area contributed by atoms with E-state index in [4.69, 9.17) is 0 Å². The van der Waals surface area contributed by atoms with Gasteiger partial charge in [-0.05, 0) is 0 Å². The Morgan fingerprint density at radius 2 is 0.542 bits per heavy atom. The van der Waals surface area contributed by atoms with Gasteiger partial charge in [0, 0.05) is 73.0 Å². The van der Waals surface area contributed by atoms with E-state index in [0.29, 0.717) is 0 Å². The third-order valence-corrected chi connectivity index (χ3v) is 313. The van der Waals surface area contributed by atoms with Crippen LogP contribution in [0.5, 0.6) is 0 Å². The maximum atomic E-state index is 3.15. The van der Waals surface area contributed by atoms with E-state index in [1.807, 2.05) is 0 Å². The van der Waals surface area contributed by atoms with Gasteiger partial charge in [0.1, 0.15) is 0 Å². The Morgan fingerprint density at radius 3 is 0.750 bits per heavy atom. The van der Waals surface area contributed by atoms with Crippen LogP contribution in [0.4, 0.5) is 0 Å². The van der Waals surface area contributed by atoms with Crippen LogP contribution in [0.2, 0.25) is 91.7 Å². The standard InChI is InChI=1S/C14H46Si10/c1-17(2)15-23(13)21(9,10)19(5,6)20(7,8)22(11,12)24(23,14)16-18(17,3)4/h15-16H2,1-14H3/t23-,24-/m0/s1. The van der Waals surface area contributed by atoms with Crippen LogP contribution in [-0.4, -0.2) is 73.0 Å². The van der Waals surface area contributed by atoms with Crippen molar-refractivity contribution in [1.29, 1.82) is 0 Å². The zero-order valence-electron chi connectivity index (χ0n) is 19.4. The number of rotatable bonds is 0. The van der Waals surface area contributed by atoms with Crippen molar-refractivity contribution in [2.45, 2.75) is 91.7 Å². The van der Waals surface area contributed by atoms with Crippen molar-refractivity contribution in [2.75, 3.05) is 0 Å². The number of hydrogen-bond acceptors (Lipinski definition) is 0. The van der Waals surface area contributed by atoms with Crippen molar-refractivity contribution in [3.05, 3.63) is 0 Å². The molecule has 2 heterocycles. The fraction of sp³-hybridized carbons (Fsp3) is 1.00. The van der Waals surface area contributed by atoms with Gasteiger partial charge in [-0.2, -0.15) is 0 Å². The Labute approximate surface area is 163 Å². The predicted octanol–water partition coefficient (Wildman–Crippen LogP) is 3.29. The first kappa shape index (κ1) is 22.5. The van der Waals surface area contributed by atoms with Crippen molar-refractivity contribution >= 4 is 73.0 Å². The smallest absolute Gasteiger partial charge is 0.0304 e. The summed E-state index contributed by atoms with van der Waals surface area (Å²) in [5, 5.41) is 0. The Morgan fingerprint density at radius 1 is 0.333 bits per heavy atom. The van der Waals surface area contributed by atoms with Crippen LogP contribution in [0.25, 0.3) is 0 Å². The van der Waals surface area contributed by atoms with E-state index in [1.54, 1.807) is 0 Å². The van der Waals surface area contributed by atoms with Crippen LogP contribution >= 0.6 is 0 Å². The summed E-state index contributed by atoms with van der Waals surface area (Å²) >= 11 is 0. The third-order valence-electron chi connectivity index (χ3n) is 12.1. The van der Waals surface area contributed by atoms with E-state index >= 15 is 0 Å². The molecule has 0 N–H and O–H groups in total. The molecule has 0 aromatic rings. The minimum absolute atomic E-state index is 0.285. The fourth-order valence-corrected chi connectivity index (χ4v) is 610. The monoisotopic (exact) mass is 494 g/mol. The summed E-state index contributed by atoms with van der Waals surface area (Å²) in [5.74, 6) is 0. The second-order valence-corrected chi connectivity index (χ2v) is 141. The van der Waals surface area contributed by atoms with Crippen molar-refractivity contribution in [3.63, 3.8) is 0 Å². The Balaban J connectivity index is 2.87. The van der Waals surface area contributed by atoms with Gasteiger partial charge in [-0.1, -0.05) is 91.7 Å². The SMILES string of the molecule is C[Si]1(C)[SiH2][Si@@]2(C)[Si](C)(C)[Si](C)(C)[Si](C)(C)[Si](C)(C)[Si@]2(C)[SiH2][Si]1(C)C. The molecule has 0 saturated carbocycles. The van der Waals surface area contributed by atoms with Gasteiger partial charge in [-0.15, -0.1) is 0 Å². The molecule has 2 rings (SSSR count). The van der Waals surface area contributed by atoms with E-state index in [-0.39, 0.29) is 17.1 Å². The predicted molar refractivity (Wildman–Crippen MR) is 145 cm³/mol. The average molecular weight is 495 g/mol. The lowest BCUT2D eigenvalue weighted by Crippen LogP contribution is -3.08. The summed E-state index contributed by atoms with van der Waals surface area (Å²) in [7, 11) is -4.88. The summed E-state index contributed by atoms with van der Waals surface area (Å²) < 4.78 is 0. The molecule has 0 aromatic heterocycles. The van der Waals surface area contributed by atoms with Gasteiger partial charge in [-0.3, -0.25) is 0 Å². The molecule has 2 aliphatic heterocycles. The first-order chi connectivity index (χ1) is 10.2. The number of fused-ring (bicyclic) bond motifs is 1. The average Bonchev–Trinajstić information content (AvgIpc) is 2.33. The van der Waals surface area contributed by atoms with Crippen LogP contribution in [-0.2, 0) is 0 Å². The van der Waals surface area contributed by atoms with Crippen LogP contribution in [0.15, 0.2) is 0 Å². The van der Waals surface area contributed by atoms with Gasteiger partial charge in [0.15, 0.2) is 0 Å². The molecule has 0 spiro atoms.